The van der Waals surface area contributed by atoms with Gasteiger partial charge in [-0.3, -0.25) is 0 Å². The average molecular weight is 295 g/mol. The zero-order chi connectivity index (χ0) is 14.8. The smallest absolute Gasteiger partial charge is 0.241 e. The van der Waals surface area contributed by atoms with Crippen LogP contribution in [0.3, 0.4) is 0 Å². The van der Waals surface area contributed by atoms with Gasteiger partial charge in [0, 0.05) is 17.3 Å². The second-order valence-electron chi connectivity index (χ2n) is 4.51. The van der Waals surface area contributed by atoms with Crippen LogP contribution < -0.4 is 9.46 Å². The van der Waals surface area contributed by atoms with E-state index < -0.39 is 16.1 Å². The Morgan fingerprint density at radius 2 is 1.85 bits per heavy atom. The molecule has 1 unspecified atom stereocenters. The van der Waals surface area contributed by atoms with Crippen molar-refractivity contribution in [2.45, 2.75) is 17.9 Å². The molecule has 2 N–H and O–H groups in total. The fourth-order valence-corrected chi connectivity index (χ4v) is 3.29. The van der Waals surface area contributed by atoms with E-state index in [1.807, 2.05) is 12.1 Å². The second-order valence-corrected chi connectivity index (χ2v) is 6.25. The lowest BCUT2D eigenvalue weighted by Gasteiger charge is -2.12. The van der Waals surface area contributed by atoms with Crippen LogP contribution in [0.25, 0.3) is 10.8 Å². The van der Waals surface area contributed by atoms with Crippen molar-refractivity contribution in [3.05, 3.63) is 36.4 Å². The first-order chi connectivity index (χ1) is 9.45. The summed E-state index contributed by atoms with van der Waals surface area (Å²) in [5.41, 5.74) is 0. The predicted molar refractivity (Wildman–Crippen MR) is 77.4 cm³/mol. The van der Waals surface area contributed by atoms with Crippen LogP contribution in [0.15, 0.2) is 41.3 Å². The molecule has 0 aliphatic carbocycles. The monoisotopic (exact) mass is 295 g/mol. The lowest BCUT2D eigenvalue weighted by atomic mass is 10.1. The van der Waals surface area contributed by atoms with Crippen LogP contribution in [0, 0.1) is 0 Å². The number of aliphatic hydroxyl groups is 1. The first-order valence-electron chi connectivity index (χ1n) is 6.19. The third kappa shape index (κ3) is 2.92. The molecule has 1 atom stereocenters. The van der Waals surface area contributed by atoms with Gasteiger partial charge < -0.3 is 9.84 Å². The van der Waals surface area contributed by atoms with E-state index in [0.717, 1.165) is 5.39 Å². The number of nitrogens with one attached hydrogen (secondary N) is 1. The molecular formula is C14H17NO4S. The van der Waals surface area contributed by atoms with E-state index in [-0.39, 0.29) is 11.4 Å². The first-order valence-corrected chi connectivity index (χ1v) is 7.67. The highest BCUT2D eigenvalue weighted by Crippen LogP contribution is 2.30. The molecule has 0 amide bonds. The Labute approximate surface area is 118 Å². The first kappa shape index (κ1) is 14.8. The van der Waals surface area contributed by atoms with Crippen LogP contribution in [0.1, 0.15) is 6.92 Å². The fourth-order valence-electron chi connectivity index (χ4n) is 1.96. The van der Waals surface area contributed by atoms with Gasteiger partial charge in [-0.1, -0.05) is 24.3 Å². The van der Waals surface area contributed by atoms with Gasteiger partial charge in [-0.2, -0.15) is 0 Å². The molecule has 0 aliphatic heterocycles. The molecular weight excluding hydrogens is 278 g/mol. The number of hydrogen-bond donors (Lipinski definition) is 2. The van der Waals surface area contributed by atoms with E-state index in [4.69, 9.17) is 4.74 Å². The number of methoxy groups -OCH3 is 1. The van der Waals surface area contributed by atoms with Crippen molar-refractivity contribution in [3.63, 3.8) is 0 Å². The second kappa shape index (κ2) is 5.78. The molecule has 2 aromatic rings. The van der Waals surface area contributed by atoms with E-state index in [1.54, 1.807) is 25.3 Å². The number of fused-ring (bicyclic) bond motifs is 1. The maximum atomic E-state index is 12.3. The molecule has 2 aromatic carbocycles. The molecule has 0 bridgehead atoms. The van der Waals surface area contributed by atoms with Crippen molar-refractivity contribution in [1.29, 1.82) is 0 Å². The minimum absolute atomic E-state index is 0.0251. The molecule has 0 aliphatic rings. The molecule has 0 fully saturated rings. The topological polar surface area (TPSA) is 75.6 Å². The van der Waals surface area contributed by atoms with Crippen LogP contribution in [-0.4, -0.2) is 33.3 Å². The highest BCUT2D eigenvalue weighted by Gasteiger charge is 2.19. The Bertz CT molecular complexity index is 710. The summed E-state index contributed by atoms with van der Waals surface area (Å²) in [7, 11) is -2.13. The molecule has 6 heteroatoms. The fraction of sp³-hybridized carbons (Fsp3) is 0.286. The van der Waals surface area contributed by atoms with Gasteiger partial charge in [0.2, 0.25) is 10.0 Å². The van der Waals surface area contributed by atoms with Gasteiger partial charge in [0.1, 0.15) is 5.75 Å². The molecule has 20 heavy (non-hydrogen) atoms. The maximum absolute atomic E-state index is 12.3. The standard InChI is InChI=1S/C14H17NO4S/c1-10(16)9-15-20(17,18)14-8-7-13(19-2)11-5-3-4-6-12(11)14/h3-8,10,15-16H,9H2,1-2H3. The SMILES string of the molecule is COc1ccc(S(=O)(=O)NCC(C)O)c2ccccc12. The van der Waals surface area contributed by atoms with Crippen molar-refractivity contribution in [1.82, 2.24) is 4.72 Å². The number of hydrogen-bond acceptors (Lipinski definition) is 4. The number of ether oxygens (including phenoxy) is 1. The largest absolute Gasteiger partial charge is 0.496 e. The lowest BCUT2D eigenvalue weighted by Crippen LogP contribution is -2.30. The van der Waals surface area contributed by atoms with Crippen molar-refractivity contribution < 1.29 is 18.3 Å². The minimum Gasteiger partial charge on any atom is -0.496 e. The molecule has 2 rings (SSSR count). The Morgan fingerprint density at radius 3 is 2.45 bits per heavy atom. The van der Waals surface area contributed by atoms with Crippen LogP contribution in [0.5, 0.6) is 5.75 Å². The van der Waals surface area contributed by atoms with E-state index in [2.05, 4.69) is 4.72 Å². The Balaban J connectivity index is 2.55. The van der Waals surface area contributed by atoms with E-state index in [9.17, 15) is 13.5 Å². The summed E-state index contributed by atoms with van der Waals surface area (Å²) in [6.07, 6.45) is -0.741. The van der Waals surface area contributed by atoms with Crippen LogP contribution in [0.2, 0.25) is 0 Å². The lowest BCUT2D eigenvalue weighted by molar-refractivity contribution is 0.198. The van der Waals surface area contributed by atoms with Crippen LogP contribution in [-0.2, 0) is 10.0 Å². The average Bonchev–Trinajstić information content (AvgIpc) is 2.44. The zero-order valence-electron chi connectivity index (χ0n) is 11.3. The highest BCUT2D eigenvalue weighted by molar-refractivity contribution is 7.89. The predicted octanol–water partition coefficient (Wildman–Crippen LogP) is 1.51. The molecule has 5 nitrogen and oxygen atoms in total. The van der Waals surface area contributed by atoms with E-state index in [1.165, 1.54) is 13.0 Å². The van der Waals surface area contributed by atoms with Gasteiger partial charge in [-0.05, 0) is 19.1 Å². The van der Waals surface area contributed by atoms with Gasteiger partial charge in [0.05, 0.1) is 18.1 Å². The number of sulfonamides is 1. The third-order valence-electron chi connectivity index (χ3n) is 2.92. The molecule has 0 spiro atoms. The number of aliphatic hydroxyl groups excluding tert-OH is 1. The summed E-state index contributed by atoms with van der Waals surface area (Å²) in [6.45, 7) is 1.50. The van der Waals surface area contributed by atoms with Gasteiger partial charge in [-0.25, -0.2) is 13.1 Å². The Morgan fingerprint density at radius 1 is 1.20 bits per heavy atom. The number of benzene rings is 2. The van der Waals surface area contributed by atoms with Gasteiger partial charge in [0.15, 0.2) is 0 Å². The number of rotatable bonds is 5. The molecule has 0 radical (unpaired) electrons. The van der Waals surface area contributed by atoms with E-state index >= 15 is 0 Å². The molecule has 0 saturated heterocycles. The maximum Gasteiger partial charge on any atom is 0.241 e. The zero-order valence-corrected chi connectivity index (χ0v) is 12.1. The Hall–Kier alpha value is -1.63. The van der Waals surface area contributed by atoms with Crippen LogP contribution >= 0.6 is 0 Å². The quantitative estimate of drug-likeness (QED) is 0.876. The highest BCUT2D eigenvalue weighted by atomic mass is 32.2. The normalized spacial score (nSPS) is 13.3. The third-order valence-corrected chi connectivity index (χ3v) is 4.40. The van der Waals surface area contributed by atoms with Gasteiger partial charge in [-0.15, -0.1) is 0 Å². The van der Waals surface area contributed by atoms with E-state index in [0.29, 0.717) is 11.1 Å². The summed E-state index contributed by atoms with van der Waals surface area (Å²) in [4.78, 5) is 0.176. The van der Waals surface area contributed by atoms with Crippen molar-refractivity contribution >= 4 is 20.8 Å². The van der Waals surface area contributed by atoms with Gasteiger partial charge in [0.25, 0.3) is 0 Å². The minimum atomic E-state index is -3.67. The van der Waals surface area contributed by atoms with Crippen molar-refractivity contribution in [3.8, 4) is 5.75 Å². The molecule has 0 aromatic heterocycles. The van der Waals surface area contributed by atoms with Crippen LogP contribution in [0.4, 0.5) is 0 Å². The van der Waals surface area contributed by atoms with Crippen molar-refractivity contribution in [2.75, 3.05) is 13.7 Å². The molecule has 0 saturated carbocycles. The summed E-state index contributed by atoms with van der Waals surface area (Å²) >= 11 is 0. The summed E-state index contributed by atoms with van der Waals surface area (Å²) in [5, 5.41) is 10.5. The summed E-state index contributed by atoms with van der Waals surface area (Å²) in [5.74, 6) is 0.620. The molecule has 0 heterocycles. The summed E-state index contributed by atoms with van der Waals surface area (Å²) < 4.78 is 32.2. The van der Waals surface area contributed by atoms with Gasteiger partial charge >= 0.3 is 0 Å². The Kier molecular flexibility index (Phi) is 4.27. The van der Waals surface area contributed by atoms with Crippen molar-refractivity contribution in [2.24, 2.45) is 0 Å². The molecule has 108 valence electrons. The summed E-state index contributed by atoms with van der Waals surface area (Å²) in [6, 6.07) is 10.3.